The van der Waals surface area contributed by atoms with Crippen LogP contribution in [0, 0.1) is 11.2 Å². The zero-order valence-electron chi connectivity index (χ0n) is 20.1. The first-order chi connectivity index (χ1) is 16.2. The standard InChI is InChI=1S/C25H30FNO7/c1-6-32-24(29)16-12-27-20(19(26)21(16)28)14-10-17(31-5)18(33-9-7-8-30-4)11-15(14)22-23(27)25(2,3)13-34-22/h10-12,22-23H,6-9,13H2,1-5H3. The van der Waals surface area contributed by atoms with Crippen molar-refractivity contribution in [2.45, 2.75) is 39.3 Å². The molecular weight excluding hydrogens is 445 g/mol. The van der Waals surface area contributed by atoms with Crippen molar-refractivity contribution in [1.82, 2.24) is 4.57 Å². The van der Waals surface area contributed by atoms with E-state index in [1.165, 1.54) is 13.3 Å². The average molecular weight is 476 g/mol. The third-order valence-electron chi connectivity index (χ3n) is 6.34. The van der Waals surface area contributed by atoms with E-state index in [9.17, 15) is 9.59 Å². The fourth-order valence-electron chi connectivity index (χ4n) is 4.78. The normalized spacial score (nSPS) is 19.7. The van der Waals surface area contributed by atoms with Gasteiger partial charge in [-0.05, 0) is 24.6 Å². The maximum Gasteiger partial charge on any atom is 0.343 e. The second-order valence-electron chi connectivity index (χ2n) is 9.11. The van der Waals surface area contributed by atoms with E-state index in [1.54, 1.807) is 30.7 Å². The van der Waals surface area contributed by atoms with Crippen molar-refractivity contribution in [2.24, 2.45) is 5.41 Å². The minimum atomic E-state index is -1.01. The van der Waals surface area contributed by atoms with Crippen molar-refractivity contribution in [2.75, 3.05) is 40.6 Å². The molecule has 0 radical (unpaired) electrons. The molecule has 2 aromatic rings. The van der Waals surface area contributed by atoms with Crippen molar-refractivity contribution in [1.29, 1.82) is 0 Å². The summed E-state index contributed by atoms with van der Waals surface area (Å²) in [4.78, 5) is 25.3. The van der Waals surface area contributed by atoms with Crippen molar-refractivity contribution in [3.8, 4) is 22.8 Å². The molecule has 3 heterocycles. The van der Waals surface area contributed by atoms with Gasteiger partial charge in [-0.3, -0.25) is 4.79 Å². The second-order valence-corrected chi connectivity index (χ2v) is 9.11. The predicted octanol–water partition coefficient (Wildman–Crippen LogP) is 3.91. The molecule has 2 aliphatic rings. The number of benzene rings is 1. The topological polar surface area (TPSA) is 85.2 Å². The number of esters is 1. The number of hydrogen-bond acceptors (Lipinski definition) is 7. The molecule has 9 heteroatoms. The van der Waals surface area contributed by atoms with E-state index < -0.39 is 28.7 Å². The van der Waals surface area contributed by atoms with Crippen molar-refractivity contribution >= 4 is 5.97 Å². The van der Waals surface area contributed by atoms with Crippen LogP contribution in [0.3, 0.4) is 0 Å². The summed E-state index contributed by atoms with van der Waals surface area (Å²) in [7, 11) is 3.12. The summed E-state index contributed by atoms with van der Waals surface area (Å²) in [6.45, 7) is 7.12. The third kappa shape index (κ3) is 3.96. The van der Waals surface area contributed by atoms with Gasteiger partial charge in [0.1, 0.15) is 11.7 Å². The highest BCUT2D eigenvalue weighted by atomic mass is 19.1. The number of fused-ring (bicyclic) bond motifs is 6. The zero-order chi connectivity index (χ0) is 24.6. The maximum absolute atomic E-state index is 15.7. The molecule has 4 rings (SSSR count). The highest BCUT2D eigenvalue weighted by molar-refractivity contribution is 5.89. The molecule has 0 bridgehead atoms. The highest BCUT2D eigenvalue weighted by Gasteiger charge is 2.50. The average Bonchev–Trinajstić information content (AvgIpc) is 3.13. The third-order valence-corrected chi connectivity index (χ3v) is 6.34. The Hall–Kier alpha value is -2.91. The summed E-state index contributed by atoms with van der Waals surface area (Å²) < 4.78 is 45.1. The Morgan fingerprint density at radius 1 is 1.24 bits per heavy atom. The van der Waals surface area contributed by atoms with E-state index in [4.69, 9.17) is 23.7 Å². The van der Waals surface area contributed by atoms with Crippen molar-refractivity contribution in [3.05, 3.63) is 45.5 Å². The van der Waals surface area contributed by atoms with Crippen LogP contribution in [0.1, 0.15) is 55.3 Å². The van der Waals surface area contributed by atoms with Crippen LogP contribution in [0.5, 0.6) is 11.5 Å². The quantitative estimate of drug-likeness (QED) is 0.423. The molecule has 1 fully saturated rings. The van der Waals surface area contributed by atoms with E-state index in [0.717, 1.165) is 0 Å². The van der Waals surface area contributed by atoms with Crippen LogP contribution >= 0.6 is 0 Å². The van der Waals surface area contributed by atoms with Crippen LogP contribution in [0.4, 0.5) is 4.39 Å². The van der Waals surface area contributed by atoms with Crippen LogP contribution in [0.15, 0.2) is 23.1 Å². The van der Waals surface area contributed by atoms with Crippen LogP contribution < -0.4 is 14.9 Å². The van der Waals surface area contributed by atoms with Gasteiger partial charge in [0.15, 0.2) is 17.3 Å². The van der Waals surface area contributed by atoms with E-state index in [0.29, 0.717) is 48.9 Å². The number of nitrogens with zero attached hydrogens (tertiary/aromatic N) is 1. The van der Waals surface area contributed by atoms with Gasteiger partial charge in [-0.2, -0.15) is 0 Å². The number of methoxy groups -OCH3 is 2. The Balaban J connectivity index is 1.92. The van der Waals surface area contributed by atoms with E-state index >= 15 is 4.39 Å². The van der Waals surface area contributed by atoms with Gasteiger partial charge in [-0.15, -0.1) is 0 Å². The van der Waals surface area contributed by atoms with Crippen molar-refractivity contribution in [3.63, 3.8) is 0 Å². The molecular formula is C25H30FNO7. The smallest absolute Gasteiger partial charge is 0.343 e. The van der Waals surface area contributed by atoms with Gasteiger partial charge in [-0.1, -0.05) is 13.8 Å². The Kier molecular flexibility index (Phi) is 6.69. The first-order valence-electron chi connectivity index (χ1n) is 11.3. The molecule has 0 amide bonds. The first kappa shape index (κ1) is 24.2. The number of rotatable bonds is 8. The lowest BCUT2D eigenvalue weighted by atomic mass is 9.78. The highest BCUT2D eigenvalue weighted by Crippen LogP contribution is 2.56. The van der Waals surface area contributed by atoms with E-state index in [1.807, 2.05) is 13.8 Å². The van der Waals surface area contributed by atoms with Gasteiger partial charge in [0, 0.05) is 37.3 Å². The van der Waals surface area contributed by atoms with Gasteiger partial charge in [-0.25, -0.2) is 9.18 Å². The van der Waals surface area contributed by atoms with Gasteiger partial charge in [0.05, 0.1) is 38.7 Å². The van der Waals surface area contributed by atoms with E-state index in [-0.39, 0.29) is 23.9 Å². The Labute approximate surface area is 197 Å². The number of carbonyl (C=O) groups excluding carboxylic acids is 1. The van der Waals surface area contributed by atoms with E-state index in [2.05, 4.69) is 0 Å². The SMILES string of the molecule is CCOC(=O)c1cn2c(c(F)c1=O)-c1cc(OC)c(OCCCOC)cc1C1OCC(C)(C)C12. The van der Waals surface area contributed by atoms with Crippen molar-refractivity contribution < 1.29 is 32.9 Å². The van der Waals surface area contributed by atoms with Crippen LogP contribution in [0.25, 0.3) is 11.3 Å². The summed E-state index contributed by atoms with van der Waals surface area (Å²) in [5.74, 6) is -0.953. The minimum Gasteiger partial charge on any atom is -0.493 e. The lowest BCUT2D eigenvalue weighted by Gasteiger charge is -2.38. The summed E-state index contributed by atoms with van der Waals surface area (Å²) in [6, 6.07) is 3.10. The summed E-state index contributed by atoms with van der Waals surface area (Å²) >= 11 is 0. The molecule has 8 nitrogen and oxygen atoms in total. The molecule has 1 saturated heterocycles. The number of aromatic nitrogens is 1. The molecule has 2 atom stereocenters. The molecule has 0 spiro atoms. The molecule has 2 aliphatic heterocycles. The first-order valence-corrected chi connectivity index (χ1v) is 11.3. The fraction of sp³-hybridized carbons (Fsp3) is 0.520. The molecule has 2 unspecified atom stereocenters. The monoisotopic (exact) mass is 475 g/mol. The lowest BCUT2D eigenvalue weighted by Crippen LogP contribution is -2.35. The number of pyridine rings is 1. The van der Waals surface area contributed by atoms with Crippen LogP contribution in [0.2, 0.25) is 0 Å². The largest absolute Gasteiger partial charge is 0.493 e. The summed E-state index contributed by atoms with van der Waals surface area (Å²) in [5, 5.41) is 0. The molecule has 184 valence electrons. The number of ether oxygens (including phenoxy) is 5. The summed E-state index contributed by atoms with van der Waals surface area (Å²) in [6.07, 6.45) is 1.66. The Morgan fingerprint density at radius 3 is 2.68 bits per heavy atom. The van der Waals surface area contributed by atoms with Gasteiger partial charge < -0.3 is 28.3 Å². The zero-order valence-corrected chi connectivity index (χ0v) is 20.1. The predicted molar refractivity (Wildman–Crippen MR) is 122 cm³/mol. The van der Waals surface area contributed by atoms with Crippen LogP contribution in [-0.2, 0) is 14.2 Å². The van der Waals surface area contributed by atoms with Gasteiger partial charge in [0.2, 0.25) is 5.43 Å². The lowest BCUT2D eigenvalue weighted by molar-refractivity contribution is 0.0521. The second kappa shape index (κ2) is 9.38. The van der Waals surface area contributed by atoms with Gasteiger partial charge in [0.25, 0.3) is 0 Å². The number of hydrogen-bond donors (Lipinski definition) is 0. The maximum atomic E-state index is 15.7. The Bertz CT molecular complexity index is 1160. The number of halogens is 1. The van der Waals surface area contributed by atoms with Crippen LogP contribution in [-0.4, -0.2) is 51.2 Å². The fourth-order valence-corrected chi connectivity index (χ4v) is 4.78. The Morgan fingerprint density at radius 2 is 2.00 bits per heavy atom. The minimum absolute atomic E-state index is 0.0789. The number of carbonyl (C=O) groups is 1. The molecule has 34 heavy (non-hydrogen) atoms. The summed E-state index contributed by atoms with van der Waals surface area (Å²) in [5.41, 5.74) is -0.463. The molecule has 0 aliphatic carbocycles. The van der Waals surface area contributed by atoms with Gasteiger partial charge >= 0.3 is 5.97 Å². The molecule has 0 N–H and O–H groups in total. The molecule has 1 aromatic heterocycles. The molecule has 1 aromatic carbocycles. The molecule has 0 saturated carbocycles.